The molecule has 2 atom stereocenters. The van der Waals surface area contributed by atoms with Crippen LogP contribution in [0, 0.1) is 0 Å². The van der Waals surface area contributed by atoms with Crippen molar-refractivity contribution in [1.82, 2.24) is 5.32 Å². The van der Waals surface area contributed by atoms with E-state index in [0.717, 1.165) is 64.2 Å². The Bertz CT molecular complexity index is 966. The minimum atomic E-state index is -0.854. The summed E-state index contributed by atoms with van der Waals surface area (Å²) < 4.78 is 5.45. The second-order valence-corrected chi connectivity index (χ2v) is 18.9. The average molecular weight is 874 g/mol. The van der Waals surface area contributed by atoms with Crippen molar-refractivity contribution in [2.24, 2.45) is 0 Å². The minimum absolute atomic E-state index is 0.00317. The highest BCUT2D eigenvalue weighted by atomic mass is 16.5. The molecule has 0 fully saturated rings. The first-order valence-electron chi connectivity index (χ1n) is 27.6. The number of ether oxygens (including phenoxy) is 1. The summed E-state index contributed by atoms with van der Waals surface area (Å²) in [6, 6.07) is -0.639. The molecule has 62 heavy (non-hydrogen) atoms. The van der Waals surface area contributed by atoms with Gasteiger partial charge >= 0.3 is 5.97 Å². The Kier molecular flexibility index (Phi) is 50.6. The van der Waals surface area contributed by atoms with Crippen molar-refractivity contribution in [1.29, 1.82) is 0 Å². The lowest BCUT2D eigenvalue weighted by molar-refractivity contribution is -0.143. The van der Waals surface area contributed by atoms with E-state index in [-0.39, 0.29) is 18.5 Å². The molecule has 0 aromatic rings. The van der Waals surface area contributed by atoms with Gasteiger partial charge in [-0.3, -0.25) is 9.59 Å². The van der Waals surface area contributed by atoms with Crippen LogP contribution in [0.4, 0.5) is 0 Å². The summed E-state index contributed by atoms with van der Waals surface area (Å²) in [5.74, 6) is -0.0868. The number of rotatable bonds is 51. The molecule has 0 aromatic carbocycles. The first-order chi connectivity index (χ1) is 30.5. The normalized spacial score (nSPS) is 12.8. The van der Waals surface area contributed by atoms with Crippen molar-refractivity contribution in [2.75, 3.05) is 13.2 Å². The molecule has 6 nitrogen and oxygen atoms in total. The van der Waals surface area contributed by atoms with Gasteiger partial charge in [0.2, 0.25) is 5.91 Å². The van der Waals surface area contributed by atoms with Crippen molar-refractivity contribution >= 4 is 11.9 Å². The number of amides is 1. The number of carbonyl (C=O) groups excluding carboxylic acids is 2. The predicted octanol–water partition coefficient (Wildman–Crippen LogP) is 16.7. The van der Waals surface area contributed by atoms with E-state index in [4.69, 9.17) is 4.74 Å². The highest BCUT2D eigenvalue weighted by Gasteiger charge is 2.18. The fraction of sp³-hybridized carbons (Fsp3) is 0.893. The fourth-order valence-corrected chi connectivity index (χ4v) is 8.45. The zero-order chi connectivity index (χ0) is 45.1. The SMILES string of the molecule is CCCCCCCCCCCCCCCCC/C=C/C(O)C(CO)NC(=O)CCCCCCC/C=C\CCCCCCCCCOC(=O)CCCCCCCCCCCCCC. The maximum Gasteiger partial charge on any atom is 0.305 e. The third-order valence-corrected chi connectivity index (χ3v) is 12.7. The Morgan fingerprint density at radius 1 is 0.435 bits per heavy atom. The number of carbonyl (C=O) groups is 2. The van der Waals surface area contributed by atoms with Gasteiger partial charge in [0, 0.05) is 12.8 Å². The minimum Gasteiger partial charge on any atom is -0.466 e. The number of aliphatic hydroxyl groups excluding tert-OH is 2. The van der Waals surface area contributed by atoms with Crippen LogP contribution in [-0.2, 0) is 14.3 Å². The van der Waals surface area contributed by atoms with Gasteiger partial charge in [0.25, 0.3) is 0 Å². The van der Waals surface area contributed by atoms with E-state index in [2.05, 4.69) is 31.3 Å². The number of hydrogen-bond donors (Lipinski definition) is 3. The average Bonchev–Trinajstić information content (AvgIpc) is 3.27. The lowest BCUT2D eigenvalue weighted by Gasteiger charge is -2.20. The molecule has 0 aliphatic rings. The van der Waals surface area contributed by atoms with E-state index < -0.39 is 12.1 Å². The van der Waals surface area contributed by atoms with Crippen LogP contribution in [0.25, 0.3) is 0 Å². The molecular formula is C56H107NO5. The highest BCUT2D eigenvalue weighted by Crippen LogP contribution is 2.16. The smallest absolute Gasteiger partial charge is 0.305 e. The molecule has 0 aromatic heterocycles. The lowest BCUT2D eigenvalue weighted by Crippen LogP contribution is -2.45. The largest absolute Gasteiger partial charge is 0.466 e. The fourth-order valence-electron chi connectivity index (χ4n) is 8.45. The molecular weight excluding hydrogens is 767 g/mol. The van der Waals surface area contributed by atoms with E-state index in [1.54, 1.807) is 6.08 Å². The molecule has 0 aliphatic heterocycles. The molecule has 0 aliphatic carbocycles. The van der Waals surface area contributed by atoms with Crippen LogP contribution in [0.2, 0.25) is 0 Å². The van der Waals surface area contributed by atoms with Crippen LogP contribution in [0.5, 0.6) is 0 Å². The first kappa shape index (κ1) is 60.3. The van der Waals surface area contributed by atoms with Gasteiger partial charge in [0.1, 0.15) is 0 Å². The molecule has 0 bridgehead atoms. The Labute approximate surface area is 386 Å². The van der Waals surface area contributed by atoms with Crippen LogP contribution in [0.15, 0.2) is 24.3 Å². The zero-order valence-corrected chi connectivity index (χ0v) is 41.6. The van der Waals surface area contributed by atoms with E-state index in [1.165, 1.54) is 205 Å². The molecule has 0 heterocycles. The van der Waals surface area contributed by atoms with Crippen LogP contribution in [-0.4, -0.2) is 47.4 Å². The molecule has 1 amide bonds. The summed E-state index contributed by atoms with van der Waals surface area (Å²) >= 11 is 0. The Hall–Kier alpha value is -1.66. The van der Waals surface area contributed by atoms with E-state index >= 15 is 0 Å². The maximum atomic E-state index is 12.4. The zero-order valence-electron chi connectivity index (χ0n) is 41.6. The van der Waals surface area contributed by atoms with E-state index in [0.29, 0.717) is 19.4 Å². The van der Waals surface area contributed by atoms with Gasteiger partial charge in [-0.05, 0) is 57.8 Å². The van der Waals surface area contributed by atoms with Gasteiger partial charge in [-0.1, -0.05) is 250 Å². The van der Waals surface area contributed by atoms with Crippen LogP contribution in [0.1, 0.15) is 296 Å². The molecule has 0 radical (unpaired) electrons. The number of esters is 1. The Morgan fingerprint density at radius 3 is 1.15 bits per heavy atom. The predicted molar refractivity (Wildman–Crippen MR) is 269 cm³/mol. The van der Waals surface area contributed by atoms with Crippen molar-refractivity contribution in [3.05, 3.63) is 24.3 Å². The Balaban J connectivity index is 3.51. The molecule has 3 N–H and O–H groups in total. The molecule has 0 spiro atoms. The molecule has 0 rings (SSSR count). The quantitative estimate of drug-likeness (QED) is 0.0321. The van der Waals surface area contributed by atoms with E-state index in [1.807, 2.05) is 6.08 Å². The van der Waals surface area contributed by atoms with Crippen LogP contribution >= 0.6 is 0 Å². The standard InChI is InChI=1S/C56H107NO5/c1-3-5-7-9-11-13-15-17-18-19-22-25-28-32-36-40-44-48-54(59)53(52-58)57-55(60)49-45-41-37-33-29-26-23-20-21-24-27-31-35-39-43-47-51-62-56(61)50-46-42-38-34-30-16-14-12-10-8-6-4-2/h20,23,44,48,53-54,58-59H,3-19,21-22,24-43,45-47,49-52H2,1-2H3,(H,57,60)/b23-20-,48-44+. The van der Waals surface area contributed by atoms with E-state index in [9.17, 15) is 19.8 Å². The van der Waals surface area contributed by atoms with Crippen molar-refractivity contribution in [3.8, 4) is 0 Å². The van der Waals surface area contributed by atoms with Crippen molar-refractivity contribution in [2.45, 2.75) is 309 Å². The number of allylic oxidation sites excluding steroid dienone is 3. The number of hydrogen-bond acceptors (Lipinski definition) is 5. The van der Waals surface area contributed by atoms with Crippen molar-refractivity contribution < 1.29 is 24.5 Å². The highest BCUT2D eigenvalue weighted by molar-refractivity contribution is 5.76. The van der Waals surface area contributed by atoms with Gasteiger partial charge in [-0.2, -0.15) is 0 Å². The molecule has 0 saturated carbocycles. The summed E-state index contributed by atoms with van der Waals surface area (Å²) in [5.41, 5.74) is 0. The summed E-state index contributed by atoms with van der Waals surface area (Å²) in [6.07, 6.45) is 61.8. The van der Waals surface area contributed by atoms with Gasteiger partial charge in [0.15, 0.2) is 0 Å². The second-order valence-electron chi connectivity index (χ2n) is 18.9. The number of nitrogens with one attached hydrogen (secondary N) is 1. The monoisotopic (exact) mass is 874 g/mol. The van der Waals surface area contributed by atoms with Crippen LogP contribution < -0.4 is 5.32 Å². The van der Waals surface area contributed by atoms with Gasteiger partial charge in [-0.15, -0.1) is 0 Å². The molecule has 0 saturated heterocycles. The lowest BCUT2D eigenvalue weighted by atomic mass is 10.0. The van der Waals surface area contributed by atoms with Gasteiger partial charge < -0.3 is 20.3 Å². The molecule has 366 valence electrons. The molecule has 6 heteroatoms. The third-order valence-electron chi connectivity index (χ3n) is 12.7. The number of aliphatic hydroxyl groups is 2. The molecule has 2 unspecified atom stereocenters. The number of unbranched alkanes of at least 4 members (excludes halogenated alkanes) is 38. The second kappa shape index (κ2) is 52.0. The van der Waals surface area contributed by atoms with Gasteiger partial charge in [0.05, 0.1) is 25.4 Å². The summed E-state index contributed by atoms with van der Waals surface area (Å²) in [5, 5.41) is 23.1. The summed E-state index contributed by atoms with van der Waals surface area (Å²) in [4.78, 5) is 24.4. The summed E-state index contributed by atoms with van der Waals surface area (Å²) in [7, 11) is 0. The van der Waals surface area contributed by atoms with Crippen molar-refractivity contribution in [3.63, 3.8) is 0 Å². The summed E-state index contributed by atoms with van der Waals surface area (Å²) in [6.45, 7) is 4.89. The first-order valence-corrected chi connectivity index (χ1v) is 27.6. The topological polar surface area (TPSA) is 95.9 Å². The van der Waals surface area contributed by atoms with Gasteiger partial charge in [-0.25, -0.2) is 0 Å². The maximum absolute atomic E-state index is 12.4. The third kappa shape index (κ3) is 47.8. The van der Waals surface area contributed by atoms with Crippen LogP contribution in [0.3, 0.4) is 0 Å². The Morgan fingerprint density at radius 2 is 0.758 bits per heavy atom.